The van der Waals surface area contributed by atoms with E-state index in [-0.39, 0.29) is 17.6 Å². The zero-order valence-corrected chi connectivity index (χ0v) is 22.6. The second kappa shape index (κ2) is 10.8. The van der Waals surface area contributed by atoms with E-state index in [1.165, 1.54) is 0 Å². The molecule has 1 amide bonds. The summed E-state index contributed by atoms with van der Waals surface area (Å²) in [6.07, 6.45) is 0.993. The lowest BCUT2D eigenvalue weighted by molar-refractivity contribution is -0.116. The maximum atomic E-state index is 13.8. The number of hydrogen-bond acceptors (Lipinski definition) is 7. The van der Waals surface area contributed by atoms with Crippen LogP contribution >= 0.6 is 11.3 Å². The third-order valence-electron chi connectivity index (χ3n) is 7.18. The fourth-order valence-electron chi connectivity index (χ4n) is 5.39. The quantitative estimate of drug-likeness (QED) is 0.403. The SMILES string of the molecule is COc1ccccc1NC(=O)C1=C(C)NC2=C(C(=O)C[C@@H](c3ccc(OC)c(OC)c3)C2)[C@@H]1c1ccsc1. The van der Waals surface area contributed by atoms with Crippen molar-refractivity contribution in [3.8, 4) is 17.2 Å². The lowest BCUT2D eigenvalue weighted by Crippen LogP contribution is -2.37. The summed E-state index contributed by atoms with van der Waals surface area (Å²) >= 11 is 1.55. The minimum atomic E-state index is -0.453. The number of dihydropyridines is 1. The van der Waals surface area contributed by atoms with E-state index in [9.17, 15) is 9.59 Å². The average Bonchev–Trinajstić information content (AvgIpc) is 3.46. The van der Waals surface area contributed by atoms with Crippen molar-refractivity contribution in [2.45, 2.75) is 31.6 Å². The zero-order valence-electron chi connectivity index (χ0n) is 21.8. The second-order valence-corrected chi connectivity index (χ2v) is 10.1. The van der Waals surface area contributed by atoms with Crippen molar-refractivity contribution >= 4 is 28.7 Å². The number of ketones is 1. The van der Waals surface area contributed by atoms with Crippen LogP contribution in [0.5, 0.6) is 17.2 Å². The molecule has 38 heavy (non-hydrogen) atoms. The molecule has 2 atom stereocenters. The van der Waals surface area contributed by atoms with Gasteiger partial charge in [-0.15, -0.1) is 0 Å². The highest BCUT2D eigenvalue weighted by Crippen LogP contribution is 2.47. The first kappa shape index (κ1) is 25.6. The number of hydrogen-bond donors (Lipinski definition) is 2. The van der Waals surface area contributed by atoms with E-state index in [0.717, 1.165) is 22.5 Å². The number of nitrogens with one attached hydrogen (secondary N) is 2. The minimum Gasteiger partial charge on any atom is -0.495 e. The number of allylic oxidation sites excluding steroid dienone is 3. The van der Waals surface area contributed by atoms with Gasteiger partial charge in [0, 0.05) is 34.9 Å². The van der Waals surface area contributed by atoms with Crippen molar-refractivity contribution in [3.05, 3.63) is 93.0 Å². The van der Waals surface area contributed by atoms with E-state index in [2.05, 4.69) is 10.6 Å². The molecule has 0 saturated heterocycles. The van der Waals surface area contributed by atoms with Crippen LogP contribution < -0.4 is 24.8 Å². The van der Waals surface area contributed by atoms with Crippen LogP contribution in [0.3, 0.4) is 0 Å². The molecule has 3 aromatic rings. The number of carbonyl (C=O) groups is 2. The summed E-state index contributed by atoms with van der Waals surface area (Å²) in [5.41, 5.74) is 5.32. The highest BCUT2D eigenvalue weighted by Gasteiger charge is 2.41. The molecule has 0 unspecified atom stereocenters. The number of thiophene rings is 1. The summed E-state index contributed by atoms with van der Waals surface area (Å²) in [4.78, 5) is 27.5. The fraction of sp³-hybridized carbons (Fsp3) is 0.267. The molecular formula is C30H30N2O5S. The number of rotatable bonds is 7. The van der Waals surface area contributed by atoms with Crippen molar-refractivity contribution in [3.63, 3.8) is 0 Å². The summed E-state index contributed by atoms with van der Waals surface area (Å²) in [5, 5.41) is 10.4. The van der Waals surface area contributed by atoms with E-state index in [4.69, 9.17) is 14.2 Å². The van der Waals surface area contributed by atoms with Crippen LogP contribution in [-0.2, 0) is 9.59 Å². The minimum absolute atomic E-state index is 0.0200. The van der Waals surface area contributed by atoms with Crippen LogP contribution in [0.1, 0.15) is 42.7 Å². The number of carbonyl (C=O) groups excluding carboxylic acids is 2. The molecule has 8 heteroatoms. The number of ether oxygens (including phenoxy) is 3. The van der Waals surface area contributed by atoms with Gasteiger partial charge in [0.15, 0.2) is 17.3 Å². The second-order valence-electron chi connectivity index (χ2n) is 9.34. The molecule has 0 spiro atoms. The van der Waals surface area contributed by atoms with E-state index in [1.54, 1.807) is 44.8 Å². The molecule has 0 saturated carbocycles. The van der Waals surface area contributed by atoms with E-state index >= 15 is 0 Å². The molecule has 1 aromatic heterocycles. The Morgan fingerprint density at radius 2 is 1.71 bits per heavy atom. The van der Waals surface area contributed by atoms with Gasteiger partial charge in [-0.3, -0.25) is 9.59 Å². The van der Waals surface area contributed by atoms with Crippen LogP contribution in [0.25, 0.3) is 0 Å². The van der Waals surface area contributed by atoms with E-state index in [0.29, 0.717) is 46.9 Å². The Morgan fingerprint density at radius 3 is 2.42 bits per heavy atom. The molecule has 1 aliphatic heterocycles. The molecule has 0 bridgehead atoms. The molecular weight excluding hydrogens is 500 g/mol. The van der Waals surface area contributed by atoms with Gasteiger partial charge in [-0.2, -0.15) is 11.3 Å². The lowest BCUT2D eigenvalue weighted by Gasteiger charge is -2.36. The van der Waals surface area contributed by atoms with Gasteiger partial charge in [0.25, 0.3) is 5.91 Å². The molecule has 0 fully saturated rings. The van der Waals surface area contributed by atoms with Gasteiger partial charge in [-0.05, 0) is 71.5 Å². The van der Waals surface area contributed by atoms with Gasteiger partial charge in [-0.25, -0.2) is 0 Å². The first-order chi connectivity index (χ1) is 18.4. The topological polar surface area (TPSA) is 85.9 Å². The predicted molar refractivity (Wildman–Crippen MR) is 148 cm³/mol. The maximum absolute atomic E-state index is 13.8. The summed E-state index contributed by atoms with van der Waals surface area (Å²) in [7, 11) is 4.78. The van der Waals surface area contributed by atoms with Gasteiger partial charge in [0.05, 0.1) is 27.0 Å². The summed E-state index contributed by atoms with van der Waals surface area (Å²) in [6.45, 7) is 1.89. The van der Waals surface area contributed by atoms with Gasteiger partial charge >= 0.3 is 0 Å². The Hall–Kier alpha value is -4.04. The number of amides is 1. The summed E-state index contributed by atoms with van der Waals surface area (Å²) < 4.78 is 16.3. The molecule has 2 aromatic carbocycles. The van der Waals surface area contributed by atoms with Gasteiger partial charge in [-0.1, -0.05) is 18.2 Å². The monoisotopic (exact) mass is 530 g/mol. The Morgan fingerprint density at radius 1 is 0.947 bits per heavy atom. The van der Waals surface area contributed by atoms with Gasteiger partial charge in [0.1, 0.15) is 5.75 Å². The van der Waals surface area contributed by atoms with Crippen molar-refractivity contribution < 1.29 is 23.8 Å². The molecule has 7 nitrogen and oxygen atoms in total. The molecule has 2 N–H and O–H groups in total. The smallest absolute Gasteiger partial charge is 0.254 e. The van der Waals surface area contributed by atoms with Crippen molar-refractivity contribution in [2.75, 3.05) is 26.6 Å². The number of benzene rings is 2. The Kier molecular flexibility index (Phi) is 7.24. The van der Waals surface area contributed by atoms with E-state index in [1.807, 2.05) is 54.1 Å². The predicted octanol–water partition coefficient (Wildman–Crippen LogP) is 5.77. The molecule has 1 aliphatic carbocycles. The fourth-order valence-corrected chi connectivity index (χ4v) is 6.08. The van der Waals surface area contributed by atoms with Crippen molar-refractivity contribution in [1.82, 2.24) is 5.32 Å². The van der Waals surface area contributed by atoms with Crippen LogP contribution in [0.4, 0.5) is 5.69 Å². The standard InChI is InChI=1S/C30H30N2O5S/c1-17-27(30(34)32-21-7-5-6-8-24(21)35-2)28(19-11-12-38-16-19)29-22(31-17)13-20(14-23(29)33)18-9-10-25(36-3)26(15-18)37-4/h5-12,15-16,20,28,31H,13-14H2,1-4H3,(H,32,34)/t20-,28+/m0/s1. The first-order valence-corrected chi connectivity index (χ1v) is 13.3. The highest BCUT2D eigenvalue weighted by atomic mass is 32.1. The van der Waals surface area contributed by atoms with Crippen molar-refractivity contribution in [1.29, 1.82) is 0 Å². The third-order valence-corrected chi connectivity index (χ3v) is 7.88. The molecule has 0 radical (unpaired) electrons. The van der Waals surface area contributed by atoms with Crippen LogP contribution in [0, 0.1) is 0 Å². The molecule has 5 rings (SSSR count). The number of para-hydroxylation sites is 2. The maximum Gasteiger partial charge on any atom is 0.254 e. The number of Topliss-reactive ketones (excluding diaryl/α,β-unsaturated/α-hetero) is 1. The normalized spacial score (nSPS) is 19.0. The van der Waals surface area contributed by atoms with Gasteiger partial charge < -0.3 is 24.8 Å². The Labute approximate surface area is 226 Å². The molecule has 2 heterocycles. The Balaban J connectivity index is 1.51. The van der Waals surface area contributed by atoms with Crippen LogP contribution in [0.15, 0.2) is 81.8 Å². The van der Waals surface area contributed by atoms with Gasteiger partial charge in [0.2, 0.25) is 0 Å². The van der Waals surface area contributed by atoms with Crippen molar-refractivity contribution in [2.24, 2.45) is 0 Å². The number of methoxy groups -OCH3 is 3. The zero-order chi connectivity index (χ0) is 26.8. The molecule has 2 aliphatic rings. The summed E-state index contributed by atoms with van der Waals surface area (Å²) in [6, 6.07) is 15.1. The molecule has 196 valence electrons. The highest BCUT2D eigenvalue weighted by molar-refractivity contribution is 7.08. The van der Waals surface area contributed by atoms with E-state index < -0.39 is 5.92 Å². The largest absolute Gasteiger partial charge is 0.495 e. The summed E-state index contributed by atoms with van der Waals surface area (Å²) in [5.74, 6) is 1.15. The first-order valence-electron chi connectivity index (χ1n) is 12.4. The Bertz CT molecular complexity index is 1440. The number of anilines is 1. The van der Waals surface area contributed by atoms with Crippen LogP contribution in [0.2, 0.25) is 0 Å². The average molecular weight is 531 g/mol. The lowest BCUT2D eigenvalue weighted by atomic mass is 9.72. The van der Waals surface area contributed by atoms with Crippen LogP contribution in [-0.4, -0.2) is 33.0 Å². The third kappa shape index (κ3) is 4.67.